The van der Waals surface area contributed by atoms with E-state index in [0.29, 0.717) is 61.4 Å². The minimum atomic E-state index is -0.577. The van der Waals surface area contributed by atoms with Crippen molar-refractivity contribution in [3.8, 4) is 5.75 Å². The summed E-state index contributed by atoms with van der Waals surface area (Å²) in [6, 6.07) is 11.3. The lowest BCUT2D eigenvalue weighted by Crippen LogP contribution is -2.35. The first-order chi connectivity index (χ1) is 19.6. The number of ether oxygens (including phenoxy) is 2. The molecule has 1 aromatic carbocycles. The number of pyridine rings is 1. The van der Waals surface area contributed by atoms with E-state index < -0.39 is 11.7 Å². The molecule has 1 N–H and O–H groups in total. The van der Waals surface area contributed by atoms with E-state index in [4.69, 9.17) is 9.47 Å². The van der Waals surface area contributed by atoms with Crippen LogP contribution in [0.15, 0.2) is 55.0 Å². The van der Waals surface area contributed by atoms with Crippen molar-refractivity contribution in [2.75, 3.05) is 55.4 Å². The van der Waals surface area contributed by atoms with Gasteiger partial charge in [0.1, 0.15) is 28.8 Å². The SMILES string of the molecule is CCNc1ncc2c(n1)N(C)CCN(c1cccc(OC(CCN(C)C(=O)OC(C)(C)C)c3cccnc3)c1)C2=O. The second-order valence-electron chi connectivity index (χ2n) is 10.9. The molecule has 0 fully saturated rings. The molecule has 0 saturated carbocycles. The first-order valence-electron chi connectivity index (χ1n) is 13.8. The number of likely N-dealkylation sites (N-methyl/N-ethyl adjacent to an activating group) is 1. The van der Waals surface area contributed by atoms with Crippen LogP contribution in [0.5, 0.6) is 5.75 Å². The monoisotopic (exact) mass is 561 g/mol. The number of hydrogen-bond donors (Lipinski definition) is 1. The lowest BCUT2D eigenvalue weighted by molar-refractivity contribution is 0.0278. The number of amides is 2. The molecule has 41 heavy (non-hydrogen) atoms. The number of nitrogens with one attached hydrogen (secondary N) is 1. The smallest absolute Gasteiger partial charge is 0.410 e. The number of rotatable bonds is 9. The summed E-state index contributed by atoms with van der Waals surface area (Å²) in [7, 11) is 3.63. The number of hydrogen-bond acceptors (Lipinski definition) is 9. The first kappa shape index (κ1) is 29.6. The second-order valence-corrected chi connectivity index (χ2v) is 10.9. The van der Waals surface area contributed by atoms with Gasteiger partial charge >= 0.3 is 6.09 Å². The summed E-state index contributed by atoms with van der Waals surface area (Å²) in [6.07, 6.45) is 4.78. The molecule has 1 aliphatic rings. The van der Waals surface area contributed by atoms with Gasteiger partial charge in [-0.05, 0) is 45.9 Å². The fourth-order valence-corrected chi connectivity index (χ4v) is 4.40. The van der Waals surface area contributed by atoms with Crippen molar-refractivity contribution in [3.63, 3.8) is 0 Å². The highest BCUT2D eigenvalue weighted by Crippen LogP contribution is 2.31. The van der Waals surface area contributed by atoms with Gasteiger partial charge in [0.15, 0.2) is 0 Å². The Balaban J connectivity index is 1.54. The molecule has 0 bridgehead atoms. The van der Waals surface area contributed by atoms with E-state index in [1.165, 1.54) is 0 Å². The molecule has 11 heteroatoms. The van der Waals surface area contributed by atoms with Gasteiger partial charge in [0, 0.05) is 82.6 Å². The van der Waals surface area contributed by atoms with Crippen molar-refractivity contribution in [2.45, 2.75) is 45.8 Å². The summed E-state index contributed by atoms with van der Waals surface area (Å²) in [6.45, 7) is 9.66. The zero-order valence-corrected chi connectivity index (χ0v) is 24.6. The van der Waals surface area contributed by atoms with E-state index in [-0.39, 0.29) is 12.0 Å². The largest absolute Gasteiger partial charge is 0.486 e. The Bertz CT molecular complexity index is 1350. The van der Waals surface area contributed by atoms with Crippen molar-refractivity contribution < 1.29 is 19.1 Å². The van der Waals surface area contributed by atoms with Gasteiger partial charge < -0.3 is 29.5 Å². The molecule has 4 rings (SSSR count). The minimum absolute atomic E-state index is 0.174. The molecule has 0 spiro atoms. The zero-order chi connectivity index (χ0) is 29.6. The summed E-state index contributed by atoms with van der Waals surface area (Å²) in [5.41, 5.74) is 1.45. The van der Waals surface area contributed by atoms with Crippen molar-refractivity contribution in [1.29, 1.82) is 0 Å². The molecule has 2 aromatic heterocycles. The number of carbonyl (C=O) groups is 2. The van der Waals surface area contributed by atoms with Crippen LogP contribution >= 0.6 is 0 Å². The van der Waals surface area contributed by atoms with Crippen LogP contribution in [0.25, 0.3) is 0 Å². The fourth-order valence-electron chi connectivity index (χ4n) is 4.40. The lowest BCUT2D eigenvalue weighted by atomic mass is 10.1. The van der Waals surface area contributed by atoms with Crippen molar-refractivity contribution >= 4 is 29.5 Å². The molecule has 0 aliphatic carbocycles. The standard InChI is InChI=1S/C30H39N7O4/c1-7-32-28-33-20-24-26(34-28)35(5)16-17-37(27(24)38)22-11-8-12-23(18-22)40-25(21-10-9-14-31-19-21)13-15-36(6)29(39)41-30(2,3)4/h8-12,14,18-20,25H,7,13,15-17H2,1-6H3,(H,32,33,34). The molecule has 2 amide bonds. The van der Waals surface area contributed by atoms with E-state index in [9.17, 15) is 9.59 Å². The summed E-state index contributed by atoms with van der Waals surface area (Å²) < 4.78 is 12.0. The van der Waals surface area contributed by atoms with E-state index in [1.807, 2.05) is 76.0 Å². The van der Waals surface area contributed by atoms with Gasteiger partial charge in [-0.3, -0.25) is 9.78 Å². The maximum absolute atomic E-state index is 13.6. The van der Waals surface area contributed by atoms with Gasteiger partial charge in [-0.15, -0.1) is 0 Å². The van der Waals surface area contributed by atoms with Crippen LogP contribution in [0.2, 0.25) is 0 Å². The Morgan fingerprint density at radius 1 is 1.17 bits per heavy atom. The Morgan fingerprint density at radius 2 is 1.98 bits per heavy atom. The van der Waals surface area contributed by atoms with Gasteiger partial charge in [-0.2, -0.15) is 4.98 Å². The zero-order valence-electron chi connectivity index (χ0n) is 24.6. The molecule has 0 saturated heterocycles. The van der Waals surface area contributed by atoms with Crippen molar-refractivity contribution in [2.24, 2.45) is 0 Å². The fraction of sp³-hybridized carbons (Fsp3) is 0.433. The number of fused-ring (bicyclic) bond motifs is 1. The molecule has 11 nitrogen and oxygen atoms in total. The van der Waals surface area contributed by atoms with Crippen molar-refractivity contribution in [1.82, 2.24) is 19.9 Å². The average molecular weight is 562 g/mol. The Kier molecular flexibility index (Phi) is 9.26. The maximum Gasteiger partial charge on any atom is 0.410 e. The van der Waals surface area contributed by atoms with Crippen LogP contribution in [0.4, 0.5) is 22.2 Å². The molecule has 1 aliphatic heterocycles. The minimum Gasteiger partial charge on any atom is -0.486 e. The normalized spacial score (nSPS) is 14.1. The van der Waals surface area contributed by atoms with Gasteiger partial charge in [-0.25, -0.2) is 9.78 Å². The third-order valence-electron chi connectivity index (χ3n) is 6.50. The maximum atomic E-state index is 13.6. The predicted octanol–water partition coefficient (Wildman–Crippen LogP) is 4.78. The first-order valence-corrected chi connectivity index (χ1v) is 13.8. The third kappa shape index (κ3) is 7.62. The van der Waals surface area contributed by atoms with Crippen LogP contribution in [0.3, 0.4) is 0 Å². The molecule has 1 atom stereocenters. The van der Waals surface area contributed by atoms with Crippen LogP contribution in [-0.2, 0) is 4.74 Å². The molecule has 0 radical (unpaired) electrons. The lowest BCUT2D eigenvalue weighted by Gasteiger charge is -2.27. The molecule has 1 unspecified atom stereocenters. The molecular formula is C30H39N7O4. The van der Waals surface area contributed by atoms with E-state index in [0.717, 1.165) is 5.56 Å². The third-order valence-corrected chi connectivity index (χ3v) is 6.50. The number of benzene rings is 1. The molecule has 3 aromatic rings. The second kappa shape index (κ2) is 12.8. The predicted molar refractivity (Wildman–Crippen MR) is 159 cm³/mol. The Hall–Kier alpha value is -4.41. The summed E-state index contributed by atoms with van der Waals surface area (Å²) in [4.78, 5) is 44.5. The van der Waals surface area contributed by atoms with Gasteiger partial charge in [-0.1, -0.05) is 12.1 Å². The molecule has 3 heterocycles. The molecular weight excluding hydrogens is 522 g/mol. The Morgan fingerprint density at radius 3 is 2.68 bits per heavy atom. The van der Waals surface area contributed by atoms with Crippen LogP contribution in [-0.4, -0.2) is 77.7 Å². The summed E-state index contributed by atoms with van der Waals surface area (Å²) in [5, 5.41) is 3.11. The topological polar surface area (TPSA) is 113 Å². The average Bonchev–Trinajstić information content (AvgIpc) is 3.06. The highest BCUT2D eigenvalue weighted by atomic mass is 16.6. The Labute approximate surface area is 241 Å². The van der Waals surface area contributed by atoms with Gasteiger partial charge in [0.05, 0.1) is 0 Å². The van der Waals surface area contributed by atoms with Crippen molar-refractivity contribution in [3.05, 3.63) is 66.1 Å². The van der Waals surface area contributed by atoms with Crippen LogP contribution in [0, 0.1) is 0 Å². The van der Waals surface area contributed by atoms with E-state index >= 15 is 0 Å². The summed E-state index contributed by atoms with van der Waals surface area (Å²) >= 11 is 0. The highest BCUT2D eigenvalue weighted by Gasteiger charge is 2.28. The van der Waals surface area contributed by atoms with Crippen LogP contribution < -0.4 is 19.9 Å². The van der Waals surface area contributed by atoms with E-state index in [1.54, 1.807) is 35.4 Å². The molecule has 218 valence electrons. The van der Waals surface area contributed by atoms with Gasteiger partial charge in [0.2, 0.25) is 5.95 Å². The number of nitrogens with zero attached hydrogens (tertiary/aromatic N) is 6. The van der Waals surface area contributed by atoms with Gasteiger partial charge in [0.25, 0.3) is 5.91 Å². The number of aromatic nitrogens is 3. The number of anilines is 3. The van der Waals surface area contributed by atoms with Crippen LogP contribution in [0.1, 0.15) is 56.1 Å². The quantitative estimate of drug-likeness (QED) is 0.394. The number of carbonyl (C=O) groups excluding carboxylic acids is 2. The van der Waals surface area contributed by atoms with E-state index in [2.05, 4.69) is 20.3 Å². The highest BCUT2D eigenvalue weighted by molar-refractivity contribution is 6.09. The summed E-state index contributed by atoms with van der Waals surface area (Å²) in [5.74, 6) is 1.52.